The van der Waals surface area contributed by atoms with Gasteiger partial charge in [0.15, 0.2) is 0 Å². The van der Waals surface area contributed by atoms with Gasteiger partial charge in [-0.15, -0.1) is 0 Å². The van der Waals surface area contributed by atoms with Gasteiger partial charge < -0.3 is 9.30 Å². The standard InChI is InChI=1S/C13H13NO2/c1-2-13(15)16-10-9-14-8-7-11-5-3-4-6-12(11)14/h2-8H,1,9-10H2. The van der Waals surface area contributed by atoms with E-state index in [0.717, 1.165) is 5.52 Å². The molecule has 0 unspecified atom stereocenters. The molecule has 0 saturated carbocycles. The summed E-state index contributed by atoms with van der Waals surface area (Å²) in [5.41, 5.74) is 1.15. The summed E-state index contributed by atoms with van der Waals surface area (Å²) in [6.07, 6.45) is 3.17. The number of ether oxygens (including phenoxy) is 1. The fourth-order valence-electron chi connectivity index (χ4n) is 1.64. The van der Waals surface area contributed by atoms with Crippen LogP contribution in [0.5, 0.6) is 0 Å². The molecule has 2 rings (SSSR count). The lowest BCUT2D eigenvalue weighted by Gasteiger charge is -2.05. The van der Waals surface area contributed by atoms with Crippen molar-refractivity contribution in [2.75, 3.05) is 6.61 Å². The lowest BCUT2D eigenvalue weighted by Crippen LogP contribution is -2.08. The first kappa shape index (κ1) is 10.5. The van der Waals surface area contributed by atoms with E-state index in [4.69, 9.17) is 4.74 Å². The van der Waals surface area contributed by atoms with Crippen LogP contribution >= 0.6 is 0 Å². The number of nitrogens with zero attached hydrogens (tertiary/aromatic N) is 1. The minimum absolute atomic E-state index is 0.365. The Hall–Kier alpha value is -2.03. The minimum atomic E-state index is -0.378. The summed E-state index contributed by atoms with van der Waals surface area (Å²) in [5.74, 6) is -0.378. The van der Waals surface area contributed by atoms with Crippen LogP contribution in [0.3, 0.4) is 0 Å². The summed E-state index contributed by atoms with van der Waals surface area (Å²) in [6.45, 7) is 4.37. The summed E-state index contributed by atoms with van der Waals surface area (Å²) in [6, 6.07) is 10.1. The molecule has 0 aliphatic carbocycles. The summed E-state index contributed by atoms with van der Waals surface area (Å²) < 4.78 is 7.00. The summed E-state index contributed by atoms with van der Waals surface area (Å²) in [4.78, 5) is 10.9. The Morgan fingerprint density at radius 1 is 1.38 bits per heavy atom. The average molecular weight is 215 g/mol. The minimum Gasteiger partial charge on any atom is -0.461 e. The Labute approximate surface area is 93.9 Å². The third-order valence-corrected chi connectivity index (χ3v) is 2.42. The van der Waals surface area contributed by atoms with Crippen LogP contribution in [0.1, 0.15) is 0 Å². The molecule has 0 atom stereocenters. The van der Waals surface area contributed by atoms with Gasteiger partial charge in [-0.1, -0.05) is 24.8 Å². The van der Waals surface area contributed by atoms with Gasteiger partial charge in [-0.25, -0.2) is 4.79 Å². The number of para-hydroxylation sites is 1. The molecule has 0 aliphatic rings. The van der Waals surface area contributed by atoms with Crippen molar-refractivity contribution in [1.29, 1.82) is 0 Å². The van der Waals surface area contributed by atoms with E-state index in [9.17, 15) is 4.79 Å². The molecule has 3 heteroatoms. The molecule has 0 aliphatic heterocycles. The lowest BCUT2D eigenvalue weighted by molar-refractivity contribution is -0.137. The maximum Gasteiger partial charge on any atom is 0.330 e. The highest BCUT2D eigenvalue weighted by molar-refractivity contribution is 5.81. The van der Waals surface area contributed by atoms with Crippen molar-refractivity contribution in [3.05, 3.63) is 49.2 Å². The molecule has 0 radical (unpaired) electrons. The Bertz CT molecular complexity index is 513. The molecule has 1 aromatic heterocycles. The highest BCUT2D eigenvalue weighted by Crippen LogP contribution is 2.14. The summed E-state index contributed by atoms with van der Waals surface area (Å²) in [7, 11) is 0. The second-order valence-electron chi connectivity index (χ2n) is 3.44. The number of hydrogen-bond donors (Lipinski definition) is 0. The Morgan fingerprint density at radius 2 is 2.19 bits per heavy atom. The average Bonchev–Trinajstić information content (AvgIpc) is 2.73. The first-order chi connectivity index (χ1) is 7.81. The quantitative estimate of drug-likeness (QED) is 0.579. The molecule has 16 heavy (non-hydrogen) atoms. The number of hydrogen-bond acceptors (Lipinski definition) is 2. The van der Waals surface area contributed by atoms with Gasteiger partial charge in [-0.05, 0) is 17.5 Å². The van der Waals surface area contributed by atoms with Gasteiger partial charge in [0.2, 0.25) is 0 Å². The number of fused-ring (bicyclic) bond motifs is 1. The number of esters is 1. The molecule has 0 N–H and O–H groups in total. The van der Waals surface area contributed by atoms with Crippen molar-refractivity contribution in [3.8, 4) is 0 Å². The normalized spacial score (nSPS) is 10.2. The lowest BCUT2D eigenvalue weighted by atomic mass is 10.2. The van der Waals surface area contributed by atoms with Crippen LogP contribution in [0.15, 0.2) is 49.2 Å². The monoisotopic (exact) mass is 215 g/mol. The zero-order valence-electron chi connectivity index (χ0n) is 8.93. The van der Waals surface area contributed by atoms with Crippen LogP contribution in [0, 0.1) is 0 Å². The van der Waals surface area contributed by atoms with E-state index in [0.29, 0.717) is 13.2 Å². The van der Waals surface area contributed by atoms with Crippen molar-refractivity contribution in [2.45, 2.75) is 6.54 Å². The van der Waals surface area contributed by atoms with Gasteiger partial charge >= 0.3 is 5.97 Å². The molecule has 1 aromatic carbocycles. The third-order valence-electron chi connectivity index (χ3n) is 2.42. The van der Waals surface area contributed by atoms with Crippen molar-refractivity contribution in [3.63, 3.8) is 0 Å². The first-order valence-electron chi connectivity index (χ1n) is 5.14. The highest BCUT2D eigenvalue weighted by Gasteiger charge is 2.00. The van der Waals surface area contributed by atoms with E-state index >= 15 is 0 Å². The SMILES string of the molecule is C=CC(=O)OCCn1ccc2ccccc21. The van der Waals surface area contributed by atoms with Gasteiger partial charge in [0.25, 0.3) is 0 Å². The fraction of sp³-hybridized carbons (Fsp3) is 0.154. The smallest absolute Gasteiger partial charge is 0.330 e. The highest BCUT2D eigenvalue weighted by atomic mass is 16.5. The summed E-state index contributed by atoms with van der Waals surface area (Å²) in [5, 5.41) is 1.19. The zero-order valence-corrected chi connectivity index (χ0v) is 8.93. The molecule has 0 amide bonds. The van der Waals surface area contributed by atoms with Crippen LogP contribution in [0.4, 0.5) is 0 Å². The Balaban J connectivity index is 2.04. The molecular weight excluding hydrogens is 202 g/mol. The second kappa shape index (κ2) is 4.66. The third kappa shape index (κ3) is 2.14. The molecular formula is C13H13NO2. The molecule has 1 heterocycles. The van der Waals surface area contributed by atoms with Crippen LogP contribution in [-0.4, -0.2) is 17.1 Å². The first-order valence-corrected chi connectivity index (χ1v) is 5.14. The molecule has 0 spiro atoms. The van der Waals surface area contributed by atoms with E-state index in [1.807, 2.05) is 30.5 Å². The van der Waals surface area contributed by atoms with Crippen molar-refractivity contribution in [1.82, 2.24) is 4.57 Å². The number of benzene rings is 1. The van der Waals surface area contributed by atoms with Crippen molar-refractivity contribution < 1.29 is 9.53 Å². The van der Waals surface area contributed by atoms with Gasteiger partial charge in [0.1, 0.15) is 6.61 Å². The Kier molecular flexibility index (Phi) is 3.05. The van der Waals surface area contributed by atoms with Crippen LogP contribution in [0.2, 0.25) is 0 Å². The van der Waals surface area contributed by atoms with E-state index in [2.05, 4.69) is 17.2 Å². The van der Waals surface area contributed by atoms with Crippen molar-refractivity contribution >= 4 is 16.9 Å². The summed E-state index contributed by atoms with van der Waals surface area (Å²) >= 11 is 0. The van der Waals surface area contributed by atoms with Crippen LogP contribution in [-0.2, 0) is 16.1 Å². The van der Waals surface area contributed by atoms with E-state index in [1.165, 1.54) is 11.5 Å². The molecule has 3 nitrogen and oxygen atoms in total. The van der Waals surface area contributed by atoms with Crippen molar-refractivity contribution in [2.24, 2.45) is 0 Å². The van der Waals surface area contributed by atoms with Crippen LogP contribution in [0.25, 0.3) is 10.9 Å². The Morgan fingerprint density at radius 3 is 3.00 bits per heavy atom. The molecule has 82 valence electrons. The van der Waals surface area contributed by atoms with Gasteiger partial charge in [-0.2, -0.15) is 0 Å². The van der Waals surface area contributed by atoms with Gasteiger partial charge in [0, 0.05) is 17.8 Å². The maximum absolute atomic E-state index is 10.9. The molecule has 0 fully saturated rings. The van der Waals surface area contributed by atoms with Gasteiger partial charge in [-0.3, -0.25) is 0 Å². The van der Waals surface area contributed by atoms with E-state index in [1.54, 1.807) is 0 Å². The topological polar surface area (TPSA) is 31.2 Å². The predicted octanol–water partition coefficient (Wildman–Crippen LogP) is 2.37. The maximum atomic E-state index is 10.9. The number of rotatable bonds is 4. The zero-order chi connectivity index (χ0) is 11.4. The molecule has 0 bridgehead atoms. The molecule has 0 saturated heterocycles. The number of carbonyl (C=O) groups is 1. The largest absolute Gasteiger partial charge is 0.461 e. The van der Waals surface area contributed by atoms with E-state index < -0.39 is 0 Å². The molecule has 2 aromatic rings. The number of aromatic nitrogens is 1. The fourth-order valence-corrected chi connectivity index (χ4v) is 1.64. The number of carbonyl (C=O) groups excluding carboxylic acids is 1. The van der Waals surface area contributed by atoms with Gasteiger partial charge in [0.05, 0.1) is 6.54 Å². The van der Waals surface area contributed by atoms with Crippen LogP contribution < -0.4 is 0 Å². The predicted molar refractivity (Wildman–Crippen MR) is 63.1 cm³/mol. The second-order valence-corrected chi connectivity index (χ2v) is 3.44. The van der Waals surface area contributed by atoms with E-state index in [-0.39, 0.29) is 5.97 Å².